The minimum absolute atomic E-state index is 0.181. The zero-order chi connectivity index (χ0) is 14.5. The summed E-state index contributed by atoms with van der Waals surface area (Å²) in [5.74, 6) is 0. The Morgan fingerprint density at radius 2 is 2.05 bits per heavy atom. The molecule has 2 rings (SSSR count). The summed E-state index contributed by atoms with van der Waals surface area (Å²) >= 11 is 6.47. The van der Waals surface area contributed by atoms with Crippen LogP contribution >= 0.6 is 11.6 Å². The van der Waals surface area contributed by atoms with E-state index in [0.717, 1.165) is 48.9 Å². The van der Waals surface area contributed by atoms with Crippen LogP contribution in [0.2, 0.25) is 5.02 Å². The third kappa shape index (κ3) is 3.64. The fourth-order valence-corrected chi connectivity index (χ4v) is 3.02. The Balaban J connectivity index is 2.24. The first-order valence-corrected chi connectivity index (χ1v) is 7.53. The van der Waals surface area contributed by atoms with Gasteiger partial charge in [0, 0.05) is 63.6 Å². The number of hydrogen-bond acceptors (Lipinski definition) is 4. The summed E-state index contributed by atoms with van der Waals surface area (Å²) in [5, 5.41) is 13.5. The first-order valence-electron chi connectivity index (χ1n) is 7.16. The largest absolute Gasteiger partial charge is 0.396 e. The molecular weight excluding hydrogens is 274 g/mol. The Morgan fingerprint density at radius 1 is 1.35 bits per heavy atom. The summed E-state index contributed by atoms with van der Waals surface area (Å²) in [6, 6.07) is 6.39. The van der Waals surface area contributed by atoms with Crippen LogP contribution in [-0.4, -0.2) is 56.9 Å². The lowest BCUT2D eigenvalue weighted by Gasteiger charge is -2.35. The van der Waals surface area contributed by atoms with Crippen LogP contribution in [0.15, 0.2) is 18.2 Å². The van der Waals surface area contributed by atoms with E-state index in [1.54, 1.807) is 0 Å². The summed E-state index contributed by atoms with van der Waals surface area (Å²) in [5.41, 5.74) is 2.22. The Kier molecular flexibility index (Phi) is 5.66. The second-order valence-corrected chi connectivity index (χ2v) is 5.82. The minimum atomic E-state index is 0.181. The van der Waals surface area contributed by atoms with Crippen LogP contribution in [-0.2, 0) is 0 Å². The molecule has 4 nitrogen and oxygen atoms in total. The van der Waals surface area contributed by atoms with E-state index in [2.05, 4.69) is 22.3 Å². The summed E-state index contributed by atoms with van der Waals surface area (Å²) in [4.78, 5) is 4.45. The van der Waals surface area contributed by atoms with Crippen LogP contribution in [0.4, 0.5) is 5.69 Å². The van der Waals surface area contributed by atoms with Gasteiger partial charge in [-0.3, -0.25) is 4.90 Å². The number of benzene rings is 1. The molecule has 1 aromatic rings. The van der Waals surface area contributed by atoms with Crippen LogP contribution in [0.5, 0.6) is 0 Å². The first kappa shape index (κ1) is 15.6. The van der Waals surface area contributed by atoms with Crippen molar-refractivity contribution in [2.24, 2.45) is 0 Å². The summed E-state index contributed by atoms with van der Waals surface area (Å²) in [6.45, 7) is 4.16. The average Bonchev–Trinajstić information content (AvgIpc) is 2.46. The topological polar surface area (TPSA) is 38.7 Å². The van der Waals surface area contributed by atoms with Crippen LogP contribution in [0, 0.1) is 0 Å². The van der Waals surface area contributed by atoms with Gasteiger partial charge in [-0.25, -0.2) is 0 Å². The number of piperazine rings is 1. The van der Waals surface area contributed by atoms with Gasteiger partial charge >= 0.3 is 0 Å². The normalized spacial score (nSPS) is 18.0. The summed E-state index contributed by atoms with van der Waals surface area (Å²) < 4.78 is 0. The fraction of sp³-hybridized carbons (Fsp3) is 0.600. The van der Waals surface area contributed by atoms with E-state index in [1.165, 1.54) is 0 Å². The zero-order valence-electron chi connectivity index (χ0n) is 12.3. The van der Waals surface area contributed by atoms with Gasteiger partial charge in [0.05, 0.1) is 0 Å². The van der Waals surface area contributed by atoms with Gasteiger partial charge in [-0.2, -0.15) is 0 Å². The molecule has 5 heteroatoms. The molecule has 1 atom stereocenters. The second kappa shape index (κ2) is 7.27. The number of nitrogens with zero attached hydrogens (tertiary/aromatic N) is 2. The van der Waals surface area contributed by atoms with Crippen LogP contribution in [0.25, 0.3) is 0 Å². The molecule has 1 aliphatic heterocycles. The highest BCUT2D eigenvalue weighted by molar-refractivity contribution is 6.31. The van der Waals surface area contributed by atoms with Gasteiger partial charge in [0.1, 0.15) is 0 Å². The van der Waals surface area contributed by atoms with Crippen molar-refractivity contribution < 1.29 is 5.11 Å². The maximum absolute atomic E-state index is 9.37. The molecule has 0 saturated carbocycles. The van der Waals surface area contributed by atoms with Gasteiger partial charge in [0.15, 0.2) is 0 Å². The van der Waals surface area contributed by atoms with E-state index >= 15 is 0 Å². The monoisotopic (exact) mass is 297 g/mol. The van der Waals surface area contributed by atoms with Crippen molar-refractivity contribution in [3.05, 3.63) is 28.8 Å². The van der Waals surface area contributed by atoms with Gasteiger partial charge in [-0.05, 0) is 24.1 Å². The van der Waals surface area contributed by atoms with Crippen LogP contribution in [0.1, 0.15) is 18.0 Å². The highest BCUT2D eigenvalue weighted by Gasteiger charge is 2.23. The van der Waals surface area contributed by atoms with Gasteiger partial charge in [-0.1, -0.05) is 17.7 Å². The molecule has 0 unspecified atom stereocenters. The molecule has 1 saturated heterocycles. The predicted octanol–water partition coefficient (Wildman–Crippen LogP) is 1.73. The average molecular weight is 298 g/mol. The number of aliphatic hydroxyl groups excluding tert-OH is 1. The third-order valence-corrected chi connectivity index (χ3v) is 4.18. The maximum Gasteiger partial charge on any atom is 0.0474 e. The Labute approximate surface area is 126 Å². The Hall–Kier alpha value is -0.810. The summed E-state index contributed by atoms with van der Waals surface area (Å²) in [7, 11) is 4.01. The standard InChI is InChI=1S/C15H24ClN3O/c1-18(2)12-3-4-13(14(16)11-12)15(5-10-20)19-8-6-17-7-9-19/h3-4,11,15,17,20H,5-10H2,1-2H3/t15-/m1/s1. The van der Waals surface area contributed by atoms with Crippen molar-refractivity contribution in [3.8, 4) is 0 Å². The molecule has 1 fully saturated rings. The van der Waals surface area contributed by atoms with E-state index in [9.17, 15) is 5.11 Å². The van der Waals surface area contributed by atoms with E-state index in [-0.39, 0.29) is 12.6 Å². The number of rotatable bonds is 5. The summed E-state index contributed by atoms with van der Waals surface area (Å²) in [6.07, 6.45) is 0.723. The molecule has 1 heterocycles. The Bertz CT molecular complexity index is 433. The molecule has 0 bridgehead atoms. The highest BCUT2D eigenvalue weighted by Crippen LogP contribution is 2.32. The van der Waals surface area contributed by atoms with Gasteiger partial charge in [-0.15, -0.1) is 0 Å². The lowest BCUT2D eigenvalue weighted by molar-refractivity contribution is 0.141. The number of aliphatic hydroxyl groups is 1. The van der Waals surface area contributed by atoms with Gasteiger partial charge in [0.25, 0.3) is 0 Å². The van der Waals surface area contributed by atoms with Crippen molar-refractivity contribution >= 4 is 17.3 Å². The van der Waals surface area contributed by atoms with Gasteiger partial charge in [0.2, 0.25) is 0 Å². The van der Waals surface area contributed by atoms with Crippen molar-refractivity contribution in [2.75, 3.05) is 51.8 Å². The van der Waals surface area contributed by atoms with Crippen molar-refractivity contribution in [2.45, 2.75) is 12.5 Å². The number of halogens is 1. The van der Waals surface area contributed by atoms with Crippen molar-refractivity contribution in [1.29, 1.82) is 0 Å². The van der Waals surface area contributed by atoms with Crippen molar-refractivity contribution in [1.82, 2.24) is 10.2 Å². The maximum atomic E-state index is 9.37. The molecule has 20 heavy (non-hydrogen) atoms. The number of anilines is 1. The molecule has 2 N–H and O–H groups in total. The third-order valence-electron chi connectivity index (χ3n) is 3.85. The molecule has 1 aromatic carbocycles. The molecule has 112 valence electrons. The van der Waals surface area contributed by atoms with Gasteiger partial charge < -0.3 is 15.3 Å². The number of hydrogen-bond donors (Lipinski definition) is 2. The number of nitrogens with one attached hydrogen (secondary N) is 1. The molecular formula is C15H24ClN3O. The van der Waals surface area contributed by atoms with E-state index in [0.29, 0.717) is 0 Å². The zero-order valence-corrected chi connectivity index (χ0v) is 13.0. The second-order valence-electron chi connectivity index (χ2n) is 5.41. The molecule has 1 aliphatic rings. The lowest BCUT2D eigenvalue weighted by Crippen LogP contribution is -2.45. The Morgan fingerprint density at radius 3 is 2.60 bits per heavy atom. The molecule has 0 aliphatic carbocycles. The van der Waals surface area contributed by atoms with E-state index in [4.69, 9.17) is 11.6 Å². The first-order chi connectivity index (χ1) is 9.63. The molecule has 0 aromatic heterocycles. The van der Waals surface area contributed by atoms with E-state index in [1.807, 2.05) is 25.1 Å². The van der Waals surface area contributed by atoms with E-state index < -0.39 is 0 Å². The predicted molar refractivity (Wildman–Crippen MR) is 84.7 cm³/mol. The molecule has 0 amide bonds. The lowest BCUT2D eigenvalue weighted by atomic mass is 10.0. The SMILES string of the molecule is CN(C)c1ccc([C@@H](CCO)N2CCNCC2)c(Cl)c1. The van der Waals surface area contributed by atoms with Crippen LogP contribution < -0.4 is 10.2 Å². The smallest absolute Gasteiger partial charge is 0.0474 e. The quantitative estimate of drug-likeness (QED) is 0.868. The highest BCUT2D eigenvalue weighted by atomic mass is 35.5. The fourth-order valence-electron chi connectivity index (χ4n) is 2.72. The van der Waals surface area contributed by atoms with Crippen molar-refractivity contribution in [3.63, 3.8) is 0 Å². The molecule has 0 spiro atoms. The van der Waals surface area contributed by atoms with Crippen LogP contribution in [0.3, 0.4) is 0 Å². The minimum Gasteiger partial charge on any atom is -0.396 e. The molecule has 0 radical (unpaired) electrons.